The van der Waals surface area contributed by atoms with Gasteiger partial charge in [0.2, 0.25) is 5.95 Å². The summed E-state index contributed by atoms with van der Waals surface area (Å²) < 4.78 is 11.7. The van der Waals surface area contributed by atoms with Gasteiger partial charge in [0.25, 0.3) is 0 Å². The lowest BCUT2D eigenvalue weighted by Crippen LogP contribution is -2.45. The number of fused-ring (bicyclic) bond motifs is 1. The Balaban J connectivity index is 1.38. The molecular weight excluding hydrogens is 328 g/mol. The summed E-state index contributed by atoms with van der Waals surface area (Å²) in [6.45, 7) is 5.44. The van der Waals surface area contributed by atoms with Gasteiger partial charge in [-0.2, -0.15) is 4.98 Å². The Hall–Kier alpha value is -2.18. The topological polar surface area (TPSA) is 50.7 Å². The van der Waals surface area contributed by atoms with Crippen LogP contribution in [0.15, 0.2) is 36.5 Å². The van der Waals surface area contributed by atoms with Crippen LogP contribution in [0.3, 0.4) is 0 Å². The predicted molar refractivity (Wildman–Crippen MR) is 99.9 cm³/mol. The molecule has 3 aliphatic rings. The number of rotatable bonds is 2. The Morgan fingerprint density at radius 3 is 2.65 bits per heavy atom. The van der Waals surface area contributed by atoms with Crippen LogP contribution in [0.25, 0.3) is 0 Å². The van der Waals surface area contributed by atoms with Gasteiger partial charge in [-0.1, -0.05) is 18.2 Å². The summed E-state index contributed by atoms with van der Waals surface area (Å²) >= 11 is 0. The van der Waals surface area contributed by atoms with E-state index in [1.54, 1.807) is 0 Å². The van der Waals surface area contributed by atoms with Crippen molar-refractivity contribution in [2.24, 2.45) is 0 Å². The molecule has 6 heteroatoms. The Morgan fingerprint density at radius 2 is 1.85 bits per heavy atom. The van der Waals surface area contributed by atoms with E-state index in [4.69, 9.17) is 14.5 Å². The average Bonchev–Trinajstić information content (AvgIpc) is 3.26. The summed E-state index contributed by atoms with van der Waals surface area (Å²) in [5.41, 5.74) is 2.59. The van der Waals surface area contributed by atoms with Gasteiger partial charge in [0.15, 0.2) is 5.79 Å². The number of para-hydroxylation sites is 1. The van der Waals surface area contributed by atoms with Crippen molar-refractivity contribution < 1.29 is 9.47 Å². The standard InChI is InChI=1S/C20H24N4O2/c1-15-14-16-4-2-3-5-17(16)24(15)19-21-9-6-18(22-19)23-10-7-20(8-11-23)25-12-13-26-20/h2-6,9,15H,7-8,10-14H2,1H3. The van der Waals surface area contributed by atoms with Crippen molar-refractivity contribution in [2.45, 2.75) is 38.0 Å². The third-order valence-corrected chi connectivity index (χ3v) is 5.71. The smallest absolute Gasteiger partial charge is 0.232 e. The van der Waals surface area contributed by atoms with Gasteiger partial charge in [-0.25, -0.2) is 4.98 Å². The van der Waals surface area contributed by atoms with E-state index < -0.39 is 0 Å². The largest absolute Gasteiger partial charge is 0.356 e. The number of aromatic nitrogens is 2. The molecule has 0 bridgehead atoms. The molecule has 1 aromatic heterocycles. The van der Waals surface area contributed by atoms with E-state index in [0.29, 0.717) is 19.3 Å². The summed E-state index contributed by atoms with van der Waals surface area (Å²) in [4.78, 5) is 14.0. The second-order valence-corrected chi connectivity index (χ2v) is 7.36. The predicted octanol–water partition coefficient (Wildman–Crippen LogP) is 2.90. The van der Waals surface area contributed by atoms with Crippen LogP contribution in [-0.4, -0.2) is 48.1 Å². The molecule has 5 rings (SSSR count). The Kier molecular flexibility index (Phi) is 3.83. The molecule has 0 radical (unpaired) electrons. The fraction of sp³-hybridized carbons (Fsp3) is 0.500. The molecule has 0 saturated carbocycles. The summed E-state index contributed by atoms with van der Waals surface area (Å²) in [5, 5.41) is 0. The quantitative estimate of drug-likeness (QED) is 0.828. The fourth-order valence-electron chi connectivity index (χ4n) is 4.36. The minimum absolute atomic E-state index is 0.352. The van der Waals surface area contributed by atoms with Crippen molar-refractivity contribution in [1.29, 1.82) is 0 Å². The second-order valence-electron chi connectivity index (χ2n) is 7.36. The number of ether oxygens (including phenoxy) is 2. The van der Waals surface area contributed by atoms with E-state index in [1.807, 2.05) is 12.3 Å². The summed E-state index contributed by atoms with van der Waals surface area (Å²) in [6, 6.07) is 10.9. The molecule has 4 heterocycles. The Bertz CT molecular complexity index is 796. The maximum atomic E-state index is 5.83. The highest BCUT2D eigenvalue weighted by atomic mass is 16.7. The lowest BCUT2D eigenvalue weighted by molar-refractivity contribution is -0.169. The van der Waals surface area contributed by atoms with Crippen molar-refractivity contribution in [3.05, 3.63) is 42.1 Å². The lowest BCUT2D eigenvalue weighted by atomic mass is 10.0. The summed E-state index contributed by atoms with van der Waals surface area (Å²) in [7, 11) is 0. The van der Waals surface area contributed by atoms with Gasteiger partial charge in [0.1, 0.15) is 5.82 Å². The number of anilines is 3. The Morgan fingerprint density at radius 1 is 1.08 bits per heavy atom. The van der Waals surface area contributed by atoms with Crippen LogP contribution in [-0.2, 0) is 15.9 Å². The molecular formula is C20H24N4O2. The van der Waals surface area contributed by atoms with E-state index in [0.717, 1.165) is 44.1 Å². The van der Waals surface area contributed by atoms with Crippen molar-refractivity contribution in [3.8, 4) is 0 Å². The first-order valence-corrected chi connectivity index (χ1v) is 9.47. The Labute approximate surface area is 153 Å². The highest BCUT2D eigenvalue weighted by molar-refractivity contribution is 5.67. The molecule has 0 amide bonds. The average molecular weight is 352 g/mol. The van der Waals surface area contributed by atoms with Crippen molar-refractivity contribution in [2.75, 3.05) is 36.1 Å². The highest BCUT2D eigenvalue weighted by Gasteiger charge is 2.40. The third kappa shape index (κ3) is 2.64. The molecule has 1 atom stereocenters. The van der Waals surface area contributed by atoms with Gasteiger partial charge < -0.3 is 19.3 Å². The number of piperidine rings is 1. The molecule has 0 N–H and O–H groups in total. The number of hydrogen-bond donors (Lipinski definition) is 0. The van der Waals surface area contributed by atoms with Crippen LogP contribution >= 0.6 is 0 Å². The number of benzene rings is 1. The van der Waals surface area contributed by atoms with Crippen LogP contribution in [0.5, 0.6) is 0 Å². The SMILES string of the molecule is CC1Cc2ccccc2N1c1nccc(N2CCC3(CC2)OCCO3)n1. The molecule has 136 valence electrons. The van der Waals surface area contributed by atoms with Gasteiger partial charge in [-0.05, 0) is 31.0 Å². The zero-order chi connectivity index (χ0) is 17.6. The van der Waals surface area contributed by atoms with Gasteiger partial charge in [0, 0.05) is 43.9 Å². The minimum atomic E-state index is -0.352. The van der Waals surface area contributed by atoms with Crippen molar-refractivity contribution in [3.63, 3.8) is 0 Å². The van der Waals surface area contributed by atoms with Crippen LogP contribution in [0, 0.1) is 0 Å². The van der Waals surface area contributed by atoms with Crippen LogP contribution in [0.1, 0.15) is 25.3 Å². The fourth-order valence-corrected chi connectivity index (χ4v) is 4.36. The maximum absolute atomic E-state index is 5.83. The minimum Gasteiger partial charge on any atom is -0.356 e. The molecule has 0 aliphatic carbocycles. The van der Waals surface area contributed by atoms with Gasteiger partial charge in [-0.3, -0.25) is 0 Å². The van der Waals surface area contributed by atoms with E-state index in [-0.39, 0.29) is 5.79 Å². The molecule has 2 saturated heterocycles. The second kappa shape index (κ2) is 6.21. The molecule has 3 aliphatic heterocycles. The maximum Gasteiger partial charge on any atom is 0.232 e. The zero-order valence-corrected chi connectivity index (χ0v) is 15.1. The van der Waals surface area contributed by atoms with E-state index in [1.165, 1.54) is 11.3 Å². The van der Waals surface area contributed by atoms with E-state index in [9.17, 15) is 0 Å². The molecule has 6 nitrogen and oxygen atoms in total. The van der Waals surface area contributed by atoms with Gasteiger partial charge in [0.05, 0.1) is 13.2 Å². The van der Waals surface area contributed by atoms with Crippen LogP contribution in [0.4, 0.5) is 17.5 Å². The number of hydrogen-bond acceptors (Lipinski definition) is 6. The first kappa shape index (κ1) is 16.0. The molecule has 1 aromatic carbocycles. The normalized spacial score (nSPS) is 24.3. The summed E-state index contributed by atoms with van der Waals surface area (Å²) in [5.74, 6) is 1.42. The molecule has 2 fully saturated rings. The molecule has 1 unspecified atom stereocenters. The zero-order valence-electron chi connectivity index (χ0n) is 15.1. The highest BCUT2D eigenvalue weighted by Crippen LogP contribution is 2.37. The van der Waals surface area contributed by atoms with E-state index in [2.05, 4.69) is 46.0 Å². The molecule has 2 aromatic rings. The van der Waals surface area contributed by atoms with Gasteiger partial charge in [-0.15, -0.1) is 0 Å². The first-order valence-electron chi connectivity index (χ1n) is 9.47. The monoisotopic (exact) mass is 352 g/mol. The molecule has 1 spiro atoms. The van der Waals surface area contributed by atoms with Crippen LogP contribution in [0.2, 0.25) is 0 Å². The lowest BCUT2D eigenvalue weighted by Gasteiger charge is -2.38. The van der Waals surface area contributed by atoms with E-state index >= 15 is 0 Å². The molecule has 26 heavy (non-hydrogen) atoms. The summed E-state index contributed by atoms with van der Waals surface area (Å²) in [6.07, 6.45) is 4.67. The van der Waals surface area contributed by atoms with Crippen molar-refractivity contribution >= 4 is 17.5 Å². The van der Waals surface area contributed by atoms with Crippen molar-refractivity contribution in [1.82, 2.24) is 9.97 Å². The van der Waals surface area contributed by atoms with Gasteiger partial charge >= 0.3 is 0 Å². The number of nitrogens with zero attached hydrogens (tertiary/aromatic N) is 4. The third-order valence-electron chi connectivity index (χ3n) is 5.71. The first-order chi connectivity index (χ1) is 12.7. The van der Waals surface area contributed by atoms with Crippen LogP contribution < -0.4 is 9.80 Å².